The number of halogens is 3. The van der Waals surface area contributed by atoms with Gasteiger partial charge in [-0.05, 0) is 31.8 Å². The van der Waals surface area contributed by atoms with Crippen molar-refractivity contribution in [3.63, 3.8) is 0 Å². The number of hydrogen-bond acceptors (Lipinski definition) is 3. The number of piperidine rings is 1. The van der Waals surface area contributed by atoms with Crippen LogP contribution < -0.4 is 5.32 Å². The van der Waals surface area contributed by atoms with Crippen molar-refractivity contribution in [1.29, 1.82) is 0 Å². The number of aromatic nitrogens is 2. The minimum atomic E-state index is -4.14. The van der Waals surface area contributed by atoms with E-state index < -0.39 is 12.7 Å². The number of alkyl halides is 3. The fraction of sp³-hybridized carbons (Fsp3) is 0.733. The Kier molecular flexibility index (Phi) is 6.09. The highest BCUT2D eigenvalue weighted by Crippen LogP contribution is 2.22. The third-order valence-corrected chi connectivity index (χ3v) is 4.30. The van der Waals surface area contributed by atoms with Crippen LogP contribution in [-0.2, 0) is 13.6 Å². The molecule has 1 aromatic rings. The van der Waals surface area contributed by atoms with Crippen LogP contribution in [-0.4, -0.2) is 64.8 Å². The van der Waals surface area contributed by atoms with Gasteiger partial charge in [0.25, 0.3) is 0 Å². The topological polar surface area (TPSA) is 53.4 Å². The molecule has 1 aliphatic heterocycles. The number of carbonyl (C=O) groups is 1. The molecule has 2 heterocycles. The maximum absolute atomic E-state index is 12.4. The summed E-state index contributed by atoms with van der Waals surface area (Å²) in [6, 6.07) is -0.198. The molecule has 136 valence electrons. The van der Waals surface area contributed by atoms with Gasteiger partial charge in [-0.15, -0.1) is 0 Å². The molecule has 1 saturated heterocycles. The standard InChI is InChI=1S/C15H24F3N5O/c1-21-8-5-19-13(21)10-22(2)14(24)20-9-12-3-6-23(7-4-12)11-15(16,17)18/h5,8,12H,3-4,6-7,9-11H2,1-2H3,(H,20,24). The molecule has 9 heteroatoms. The first-order valence-corrected chi connectivity index (χ1v) is 7.99. The van der Waals surface area contributed by atoms with Crippen molar-refractivity contribution in [3.05, 3.63) is 18.2 Å². The van der Waals surface area contributed by atoms with Gasteiger partial charge in [-0.3, -0.25) is 4.90 Å². The van der Waals surface area contributed by atoms with Crippen LogP contribution in [0.15, 0.2) is 12.4 Å². The van der Waals surface area contributed by atoms with Gasteiger partial charge < -0.3 is 14.8 Å². The molecule has 1 aliphatic rings. The average molecular weight is 347 g/mol. The second kappa shape index (κ2) is 7.87. The lowest BCUT2D eigenvalue weighted by atomic mass is 9.97. The number of nitrogens with zero attached hydrogens (tertiary/aromatic N) is 4. The molecule has 6 nitrogen and oxygen atoms in total. The molecule has 0 saturated carbocycles. The Hall–Kier alpha value is -1.77. The molecule has 1 fully saturated rings. The summed E-state index contributed by atoms with van der Waals surface area (Å²) in [7, 11) is 3.55. The van der Waals surface area contributed by atoms with Crippen molar-refractivity contribution in [2.24, 2.45) is 13.0 Å². The zero-order valence-electron chi connectivity index (χ0n) is 14.0. The van der Waals surface area contributed by atoms with Crippen LogP contribution in [0.5, 0.6) is 0 Å². The first-order valence-electron chi connectivity index (χ1n) is 7.99. The second-order valence-electron chi connectivity index (χ2n) is 6.33. The smallest absolute Gasteiger partial charge is 0.338 e. The van der Waals surface area contributed by atoms with Gasteiger partial charge in [-0.25, -0.2) is 9.78 Å². The predicted molar refractivity (Wildman–Crippen MR) is 83.3 cm³/mol. The number of nitrogens with one attached hydrogen (secondary N) is 1. The number of aryl methyl sites for hydroxylation is 1. The largest absolute Gasteiger partial charge is 0.401 e. The van der Waals surface area contributed by atoms with Crippen molar-refractivity contribution >= 4 is 6.03 Å². The van der Waals surface area contributed by atoms with E-state index in [9.17, 15) is 18.0 Å². The third-order valence-electron chi connectivity index (χ3n) is 4.30. The monoisotopic (exact) mass is 347 g/mol. The van der Waals surface area contributed by atoms with E-state index in [0.29, 0.717) is 39.0 Å². The van der Waals surface area contributed by atoms with E-state index in [2.05, 4.69) is 10.3 Å². The van der Waals surface area contributed by atoms with Gasteiger partial charge in [-0.1, -0.05) is 0 Å². The number of hydrogen-bond donors (Lipinski definition) is 1. The number of likely N-dealkylation sites (tertiary alicyclic amines) is 1. The summed E-state index contributed by atoms with van der Waals surface area (Å²) >= 11 is 0. The highest BCUT2D eigenvalue weighted by Gasteiger charge is 2.32. The van der Waals surface area contributed by atoms with Gasteiger partial charge in [0.05, 0.1) is 13.1 Å². The fourth-order valence-electron chi connectivity index (χ4n) is 2.80. The molecule has 24 heavy (non-hydrogen) atoms. The second-order valence-corrected chi connectivity index (χ2v) is 6.33. The van der Waals surface area contributed by atoms with E-state index in [1.807, 2.05) is 17.8 Å². The SMILES string of the molecule is CN(Cc1nccn1C)C(=O)NCC1CCN(CC(F)(F)F)CC1. The summed E-state index contributed by atoms with van der Waals surface area (Å²) in [5, 5.41) is 2.86. The van der Waals surface area contributed by atoms with Crippen molar-refractivity contribution in [2.75, 3.05) is 33.2 Å². The Morgan fingerprint density at radius 2 is 2.08 bits per heavy atom. The normalized spacial score (nSPS) is 17.0. The number of urea groups is 1. The van der Waals surface area contributed by atoms with Crippen LogP contribution in [0.2, 0.25) is 0 Å². The first-order chi connectivity index (χ1) is 11.2. The van der Waals surface area contributed by atoms with Crippen LogP contribution in [0.1, 0.15) is 18.7 Å². The van der Waals surface area contributed by atoms with Gasteiger partial charge in [0.1, 0.15) is 5.82 Å². The quantitative estimate of drug-likeness (QED) is 0.884. The maximum Gasteiger partial charge on any atom is 0.401 e. The summed E-state index contributed by atoms with van der Waals surface area (Å²) in [6.45, 7) is 0.883. The third kappa shape index (κ3) is 5.70. The first kappa shape index (κ1) is 18.6. The van der Waals surface area contributed by atoms with Crippen LogP contribution in [0, 0.1) is 5.92 Å². The molecule has 1 N–H and O–H groups in total. The number of amides is 2. The molecule has 1 aromatic heterocycles. The van der Waals surface area contributed by atoms with Crippen LogP contribution in [0.4, 0.5) is 18.0 Å². The number of carbonyl (C=O) groups excluding carboxylic acids is 1. The summed E-state index contributed by atoms with van der Waals surface area (Å²) < 4.78 is 38.9. The molecule has 2 amide bonds. The Balaban J connectivity index is 1.68. The molecule has 0 radical (unpaired) electrons. The minimum Gasteiger partial charge on any atom is -0.338 e. The summed E-state index contributed by atoms with van der Waals surface area (Å²) in [6.07, 6.45) is 0.680. The van der Waals surface area contributed by atoms with E-state index in [1.165, 1.54) is 4.90 Å². The molecule has 0 aliphatic carbocycles. The molecular weight excluding hydrogens is 323 g/mol. The zero-order chi connectivity index (χ0) is 17.7. The number of imidazole rings is 1. The maximum atomic E-state index is 12.4. The van der Waals surface area contributed by atoms with Crippen LogP contribution in [0.3, 0.4) is 0 Å². The lowest BCUT2D eigenvalue weighted by Crippen LogP contribution is -2.44. The molecule has 2 rings (SSSR count). The van der Waals surface area contributed by atoms with Gasteiger partial charge >= 0.3 is 12.2 Å². The Morgan fingerprint density at radius 1 is 1.42 bits per heavy atom. The molecule has 0 unspecified atom stereocenters. The van der Waals surface area contributed by atoms with Crippen molar-refractivity contribution in [3.8, 4) is 0 Å². The summed E-state index contributed by atoms with van der Waals surface area (Å²) in [5.41, 5.74) is 0. The van der Waals surface area contributed by atoms with Crippen molar-refractivity contribution < 1.29 is 18.0 Å². The predicted octanol–water partition coefficient (Wildman–Crippen LogP) is 1.84. The lowest BCUT2D eigenvalue weighted by molar-refractivity contribution is -0.148. The van der Waals surface area contributed by atoms with Crippen LogP contribution in [0.25, 0.3) is 0 Å². The fourth-order valence-corrected chi connectivity index (χ4v) is 2.80. The van der Waals surface area contributed by atoms with Gasteiger partial charge in [0.15, 0.2) is 0 Å². The van der Waals surface area contributed by atoms with E-state index in [-0.39, 0.29) is 11.9 Å². The van der Waals surface area contributed by atoms with E-state index in [4.69, 9.17) is 0 Å². The Bertz CT molecular complexity index is 537. The van der Waals surface area contributed by atoms with Crippen molar-refractivity contribution in [1.82, 2.24) is 24.7 Å². The van der Waals surface area contributed by atoms with Crippen LogP contribution >= 0.6 is 0 Å². The zero-order valence-corrected chi connectivity index (χ0v) is 14.0. The van der Waals surface area contributed by atoms with Gasteiger partial charge in [0.2, 0.25) is 0 Å². The molecule has 0 spiro atoms. The van der Waals surface area contributed by atoms with E-state index in [0.717, 1.165) is 5.82 Å². The highest BCUT2D eigenvalue weighted by molar-refractivity contribution is 5.73. The summed E-state index contributed by atoms with van der Waals surface area (Å²) in [4.78, 5) is 19.2. The van der Waals surface area contributed by atoms with Crippen molar-refractivity contribution in [2.45, 2.75) is 25.6 Å². The lowest BCUT2D eigenvalue weighted by Gasteiger charge is -2.32. The average Bonchev–Trinajstić information content (AvgIpc) is 2.90. The van der Waals surface area contributed by atoms with E-state index in [1.54, 1.807) is 18.1 Å². The highest BCUT2D eigenvalue weighted by atomic mass is 19.4. The number of rotatable bonds is 5. The van der Waals surface area contributed by atoms with Gasteiger partial charge in [-0.2, -0.15) is 13.2 Å². The van der Waals surface area contributed by atoms with Gasteiger partial charge in [0, 0.05) is 33.0 Å². The minimum absolute atomic E-state index is 0.198. The molecule has 0 aromatic carbocycles. The Labute approximate surface area is 139 Å². The molecular formula is C15H24F3N5O. The van der Waals surface area contributed by atoms with E-state index >= 15 is 0 Å². The Morgan fingerprint density at radius 3 is 2.62 bits per heavy atom. The molecule has 0 bridgehead atoms. The molecule has 0 atom stereocenters. The summed E-state index contributed by atoms with van der Waals surface area (Å²) in [5.74, 6) is 1.01.